The molecule has 1 aliphatic heterocycles. The highest BCUT2D eigenvalue weighted by Crippen LogP contribution is 2.21. The number of anilines is 1. The van der Waals surface area contributed by atoms with Crippen LogP contribution in [0.1, 0.15) is 24.2 Å². The highest BCUT2D eigenvalue weighted by molar-refractivity contribution is 6.51. The summed E-state index contributed by atoms with van der Waals surface area (Å²) in [6.45, 7) is 3.06. The molecular weight excluding hydrogens is 194 g/mol. The lowest BCUT2D eigenvalue weighted by molar-refractivity contribution is -0.115. The molecular formula is C11H11NO3. The van der Waals surface area contributed by atoms with Gasteiger partial charge in [-0.2, -0.15) is 0 Å². The van der Waals surface area contributed by atoms with E-state index >= 15 is 0 Å². The first-order valence-corrected chi connectivity index (χ1v) is 4.44. The van der Waals surface area contributed by atoms with Crippen molar-refractivity contribution in [3.8, 4) is 0 Å². The number of rotatable bonds is 0. The predicted molar refractivity (Wildman–Crippen MR) is 55.8 cm³/mol. The Balaban J connectivity index is 0.000000245. The van der Waals surface area contributed by atoms with E-state index in [4.69, 9.17) is 0 Å². The van der Waals surface area contributed by atoms with Crippen molar-refractivity contribution in [2.24, 2.45) is 0 Å². The second-order valence-electron chi connectivity index (χ2n) is 3.24. The topological polar surface area (TPSA) is 63.2 Å². The molecule has 0 saturated carbocycles. The Labute approximate surface area is 87.3 Å². The molecule has 0 unspecified atom stereocenters. The van der Waals surface area contributed by atoms with Crippen molar-refractivity contribution >= 4 is 23.2 Å². The fourth-order valence-electron chi connectivity index (χ4n) is 1.09. The van der Waals surface area contributed by atoms with E-state index in [1.54, 1.807) is 24.3 Å². The van der Waals surface area contributed by atoms with Crippen molar-refractivity contribution in [1.29, 1.82) is 0 Å². The summed E-state index contributed by atoms with van der Waals surface area (Å²) in [4.78, 5) is 31.2. The Hall–Kier alpha value is -1.97. The molecule has 1 heterocycles. The molecule has 1 aliphatic rings. The zero-order valence-electron chi connectivity index (χ0n) is 8.53. The van der Waals surface area contributed by atoms with Crippen LogP contribution >= 0.6 is 0 Å². The molecule has 4 heteroatoms. The number of hydrogen-bond acceptors (Lipinski definition) is 3. The number of benzene rings is 1. The fourth-order valence-corrected chi connectivity index (χ4v) is 1.09. The molecule has 0 bridgehead atoms. The first kappa shape index (κ1) is 11.1. The van der Waals surface area contributed by atoms with Gasteiger partial charge in [-0.15, -0.1) is 0 Å². The van der Waals surface area contributed by atoms with E-state index in [-0.39, 0.29) is 5.78 Å². The Morgan fingerprint density at radius 1 is 1.13 bits per heavy atom. The summed E-state index contributed by atoms with van der Waals surface area (Å²) < 4.78 is 0. The summed E-state index contributed by atoms with van der Waals surface area (Å²) >= 11 is 0. The van der Waals surface area contributed by atoms with Crippen LogP contribution in [-0.4, -0.2) is 17.5 Å². The zero-order chi connectivity index (χ0) is 11.4. The van der Waals surface area contributed by atoms with Crippen LogP contribution in [0.2, 0.25) is 0 Å². The molecule has 1 aromatic carbocycles. The normalized spacial score (nSPS) is 12.4. The van der Waals surface area contributed by atoms with E-state index in [1.807, 2.05) is 0 Å². The van der Waals surface area contributed by atoms with Crippen molar-refractivity contribution in [2.75, 3.05) is 5.32 Å². The van der Waals surface area contributed by atoms with Gasteiger partial charge in [-0.25, -0.2) is 0 Å². The van der Waals surface area contributed by atoms with Gasteiger partial charge in [0.25, 0.3) is 11.7 Å². The average molecular weight is 205 g/mol. The first-order chi connectivity index (χ1) is 7.02. The van der Waals surface area contributed by atoms with Crippen molar-refractivity contribution < 1.29 is 14.4 Å². The molecule has 1 aromatic rings. The van der Waals surface area contributed by atoms with Gasteiger partial charge in [0.15, 0.2) is 0 Å². The highest BCUT2D eigenvalue weighted by Gasteiger charge is 2.26. The lowest BCUT2D eigenvalue weighted by Gasteiger charge is -1.91. The number of para-hydroxylation sites is 1. The maximum absolute atomic E-state index is 11.0. The third kappa shape index (κ3) is 2.74. The SMILES string of the molecule is CC(C)=O.O=C1Nc2ccccc2C1=O. The number of hydrogen-bond donors (Lipinski definition) is 1. The van der Waals surface area contributed by atoms with Crippen LogP contribution in [0.5, 0.6) is 0 Å². The lowest BCUT2D eigenvalue weighted by atomic mass is 10.1. The number of amides is 1. The molecule has 2 rings (SSSR count). The Morgan fingerprint density at radius 2 is 1.67 bits per heavy atom. The largest absolute Gasteiger partial charge is 0.318 e. The number of fused-ring (bicyclic) bond motifs is 1. The Kier molecular flexibility index (Phi) is 3.33. The van der Waals surface area contributed by atoms with Gasteiger partial charge in [-0.1, -0.05) is 12.1 Å². The Bertz CT molecular complexity index is 420. The fraction of sp³-hybridized carbons (Fsp3) is 0.182. The second-order valence-corrected chi connectivity index (χ2v) is 3.24. The number of Topliss-reactive ketones (excluding diaryl/α,β-unsaturated/α-hetero) is 2. The zero-order valence-corrected chi connectivity index (χ0v) is 8.53. The molecule has 4 nitrogen and oxygen atoms in total. The molecule has 0 atom stereocenters. The van der Waals surface area contributed by atoms with Gasteiger partial charge in [0.2, 0.25) is 0 Å². The molecule has 0 saturated heterocycles. The molecule has 0 radical (unpaired) electrons. The van der Waals surface area contributed by atoms with Crippen LogP contribution in [0, 0.1) is 0 Å². The summed E-state index contributed by atoms with van der Waals surface area (Å²) in [7, 11) is 0. The minimum absolute atomic E-state index is 0.167. The first-order valence-electron chi connectivity index (χ1n) is 4.44. The van der Waals surface area contributed by atoms with Crippen molar-refractivity contribution in [3.05, 3.63) is 29.8 Å². The standard InChI is InChI=1S/C8H5NO2.C3H6O/c10-7-5-3-1-2-4-6(5)9-8(7)11;1-3(2)4/h1-4H,(H,9,10,11);1-2H3. The van der Waals surface area contributed by atoms with Gasteiger partial charge in [-0.05, 0) is 26.0 Å². The van der Waals surface area contributed by atoms with Crippen LogP contribution < -0.4 is 5.32 Å². The number of ketones is 2. The van der Waals surface area contributed by atoms with Gasteiger partial charge < -0.3 is 10.1 Å². The smallest absolute Gasteiger partial charge is 0.296 e. The lowest BCUT2D eigenvalue weighted by Crippen LogP contribution is -2.12. The number of carbonyl (C=O) groups excluding carboxylic acids is 3. The third-order valence-electron chi connectivity index (χ3n) is 1.63. The van der Waals surface area contributed by atoms with Gasteiger partial charge >= 0.3 is 0 Å². The van der Waals surface area contributed by atoms with E-state index < -0.39 is 11.7 Å². The molecule has 1 N–H and O–H groups in total. The maximum atomic E-state index is 11.0. The van der Waals surface area contributed by atoms with Crippen LogP contribution in [0.25, 0.3) is 0 Å². The molecule has 0 fully saturated rings. The van der Waals surface area contributed by atoms with Gasteiger partial charge in [0.1, 0.15) is 5.78 Å². The van der Waals surface area contributed by atoms with Gasteiger partial charge in [-0.3, -0.25) is 9.59 Å². The molecule has 0 spiro atoms. The average Bonchev–Trinajstić information content (AvgIpc) is 2.43. The highest BCUT2D eigenvalue weighted by atomic mass is 16.2. The minimum Gasteiger partial charge on any atom is -0.318 e. The number of nitrogens with one attached hydrogen (secondary N) is 1. The molecule has 1 amide bonds. The van der Waals surface area contributed by atoms with E-state index in [2.05, 4.69) is 5.32 Å². The van der Waals surface area contributed by atoms with Crippen molar-refractivity contribution in [2.45, 2.75) is 13.8 Å². The summed E-state index contributed by atoms with van der Waals surface area (Å²) in [5.74, 6) is -0.813. The van der Waals surface area contributed by atoms with Gasteiger partial charge in [0.05, 0.1) is 11.3 Å². The van der Waals surface area contributed by atoms with Crippen molar-refractivity contribution in [3.63, 3.8) is 0 Å². The quantitative estimate of drug-likeness (QED) is 0.651. The second kappa shape index (κ2) is 4.50. The monoisotopic (exact) mass is 205 g/mol. The molecule has 78 valence electrons. The van der Waals surface area contributed by atoms with Crippen LogP contribution in [0.3, 0.4) is 0 Å². The maximum Gasteiger partial charge on any atom is 0.296 e. The van der Waals surface area contributed by atoms with Gasteiger partial charge in [0, 0.05) is 0 Å². The van der Waals surface area contributed by atoms with Crippen molar-refractivity contribution in [1.82, 2.24) is 0 Å². The third-order valence-corrected chi connectivity index (χ3v) is 1.63. The molecule has 0 aliphatic carbocycles. The summed E-state index contributed by atoms with van der Waals surface area (Å²) in [5, 5.41) is 2.46. The van der Waals surface area contributed by atoms with Crippen LogP contribution in [-0.2, 0) is 9.59 Å². The number of carbonyl (C=O) groups is 3. The predicted octanol–water partition coefficient (Wildman–Crippen LogP) is 1.42. The molecule has 15 heavy (non-hydrogen) atoms. The van der Waals surface area contributed by atoms with E-state index in [1.165, 1.54) is 13.8 Å². The van der Waals surface area contributed by atoms with E-state index in [9.17, 15) is 14.4 Å². The van der Waals surface area contributed by atoms with E-state index in [0.717, 1.165) is 0 Å². The van der Waals surface area contributed by atoms with Crippen LogP contribution in [0.15, 0.2) is 24.3 Å². The minimum atomic E-state index is -0.536. The summed E-state index contributed by atoms with van der Waals surface area (Å²) in [6, 6.07) is 6.85. The summed E-state index contributed by atoms with van der Waals surface area (Å²) in [5.41, 5.74) is 1.08. The van der Waals surface area contributed by atoms with E-state index in [0.29, 0.717) is 11.3 Å². The Morgan fingerprint density at radius 3 is 2.20 bits per heavy atom. The summed E-state index contributed by atoms with van der Waals surface area (Å²) in [6.07, 6.45) is 0. The van der Waals surface area contributed by atoms with Crippen LogP contribution in [0.4, 0.5) is 5.69 Å². The molecule has 0 aromatic heterocycles.